The maximum Gasteiger partial charge on any atom is 0.312 e. The smallest absolute Gasteiger partial charge is 0.312 e. The van der Waals surface area contributed by atoms with Crippen LogP contribution in [0.2, 0.25) is 0 Å². The first-order chi connectivity index (χ1) is 11.6. The number of phenols is 1. The van der Waals surface area contributed by atoms with Crippen molar-refractivity contribution < 1.29 is 14.6 Å². The van der Waals surface area contributed by atoms with Crippen molar-refractivity contribution in [2.75, 3.05) is 12.0 Å². The average Bonchev–Trinajstić information content (AvgIpc) is 3.01. The summed E-state index contributed by atoms with van der Waals surface area (Å²) in [5, 5.41) is 9.71. The van der Waals surface area contributed by atoms with Crippen LogP contribution in [-0.4, -0.2) is 32.5 Å². The number of thioether (sulfide) groups is 3. The van der Waals surface area contributed by atoms with Gasteiger partial charge in [0.15, 0.2) is 0 Å². The molecule has 1 aromatic rings. The molecule has 0 aromatic heterocycles. The molecule has 3 unspecified atom stereocenters. The molecule has 0 radical (unpaired) electrons. The van der Waals surface area contributed by atoms with Crippen LogP contribution in [0.15, 0.2) is 18.2 Å². The third-order valence-electron chi connectivity index (χ3n) is 4.26. The van der Waals surface area contributed by atoms with Gasteiger partial charge in [0.2, 0.25) is 0 Å². The van der Waals surface area contributed by atoms with Gasteiger partial charge in [0.1, 0.15) is 20.9 Å². The lowest BCUT2D eigenvalue weighted by Gasteiger charge is -2.38. The molecule has 2 aliphatic rings. The Morgan fingerprint density at radius 2 is 2.21 bits per heavy atom. The van der Waals surface area contributed by atoms with Crippen molar-refractivity contribution in [2.45, 2.75) is 41.0 Å². The Labute approximate surface area is 155 Å². The molecule has 1 fully saturated rings. The highest BCUT2D eigenvalue weighted by Crippen LogP contribution is 2.47. The molecule has 0 spiro atoms. The van der Waals surface area contributed by atoms with E-state index in [0.29, 0.717) is 16.9 Å². The second kappa shape index (κ2) is 7.78. The lowest BCUT2D eigenvalue weighted by Crippen LogP contribution is -2.39. The summed E-state index contributed by atoms with van der Waals surface area (Å²) in [5.41, 5.74) is 7.35. The second-order valence-corrected chi connectivity index (χ2v) is 9.84. The molecule has 132 valence electrons. The number of hydrazine groups is 1. The fourth-order valence-corrected chi connectivity index (χ4v) is 6.76. The van der Waals surface area contributed by atoms with Gasteiger partial charge in [0, 0.05) is 22.8 Å². The molecule has 0 bridgehead atoms. The first-order valence-electron chi connectivity index (χ1n) is 7.91. The summed E-state index contributed by atoms with van der Waals surface area (Å²) < 4.78 is 5.99. The molecule has 3 rings (SSSR count). The monoisotopic (exact) mass is 386 g/mol. The first-order valence-corrected chi connectivity index (χ1v) is 11.2. The lowest BCUT2D eigenvalue weighted by atomic mass is 9.74. The van der Waals surface area contributed by atoms with E-state index in [1.54, 1.807) is 23.9 Å². The van der Waals surface area contributed by atoms with Crippen molar-refractivity contribution in [2.24, 2.45) is 0 Å². The molecule has 5 nitrogen and oxygen atoms in total. The minimum Gasteiger partial charge on any atom is -0.508 e. The van der Waals surface area contributed by atoms with E-state index >= 15 is 0 Å². The van der Waals surface area contributed by atoms with Gasteiger partial charge in [-0.2, -0.15) is 0 Å². The summed E-state index contributed by atoms with van der Waals surface area (Å²) in [7, 11) is 0. The number of fused-ring (bicyclic) bond motifs is 1. The van der Waals surface area contributed by atoms with E-state index in [9.17, 15) is 9.90 Å². The van der Waals surface area contributed by atoms with Crippen molar-refractivity contribution >= 4 is 41.3 Å². The van der Waals surface area contributed by atoms with E-state index in [0.717, 1.165) is 24.2 Å². The van der Waals surface area contributed by atoms with Crippen molar-refractivity contribution in [1.82, 2.24) is 10.9 Å². The van der Waals surface area contributed by atoms with Crippen LogP contribution in [0.3, 0.4) is 0 Å². The minimum atomic E-state index is -0.239. The number of nitrogens with one attached hydrogen (secondary N) is 2. The van der Waals surface area contributed by atoms with Gasteiger partial charge in [0.05, 0.1) is 6.42 Å². The normalized spacial score (nSPS) is 29.3. The van der Waals surface area contributed by atoms with Crippen molar-refractivity contribution in [3.05, 3.63) is 23.8 Å². The quantitative estimate of drug-likeness (QED) is 0.508. The predicted molar refractivity (Wildman–Crippen MR) is 102 cm³/mol. The van der Waals surface area contributed by atoms with Crippen LogP contribution in [0.4, 0.5) is 0 Å². The Morgan fingerprint density at radius 3 is 2.92 bits per heavy atom. The number of phenolic OH excluding ortho intramolecular Hbond substituents is 1. The molecule has 8 heteroatoms. The van der Waals surface area contributed by atoms with Crippen LogP contribution in [0, 0.1) is 0 Å². The van der Waals surface area contributed by atoms with Crippen LogP contribution in [0.5, 0.6) is 11.5 Å². The number of hydrogen-bond donors (Lipinski definition) is 3. The third kappa shape index (κ3) is 3.83. The summed E-state index contributed by atoms with van der Waals surface area (Å²) >= 11 is 5.44. The average molecular weight is 387 g/mol. The summed E-state index contributed by atoms with van der Waals surface area (Å²) in [4.78, 5) is 12.2. The Hall–Kier alpha value is -0.540. The Kier molecular flexibility index (Phi) is 5.92. The van der Waals surface area contributed by atoms with Crippen LogP contribution in [0.25, 0.3) is 0 Å². The predicted octanol–water partition coefficient (Wildman–Crippen LogP) is 3.24. The highest BCUT2D eigenvalue weighted by Gasteiger charge is 2.42. The molecule has 0 amide bonds. The molecule has 2 heterocycles. The van der Waals surface area contributed by atoms with E-state index in [4.69, 9.17) is 4.74 Å². The van der Waals surface area contributed by atoms with E-state index in [1.165, 1.54) is 0 Å². The molecule has 0 aliphatic carbocycles. The fourth-order valence-electron chi connectivity index (χ4n) is 3.21. The number of rotatable bonds is 6. The third-order valence-corrected chi connectivity index (χ3v) is 8.33. The molecule has 2 aliphatic heterocycles. The summed E-state index contributed by atoms with van der Waals surface area (Å²) in [5.74, 6) is 1.25. The van der Waals surface area contributed by atoms with E-state index in [-0.39, 0.29) is 21.8 Å². The van der Waals surface area contributed by atoms with Crippen LogP contribution >= 0.6 is 35.3 Å². The standard InChI is InChI=1S/C16H22N2O3S3/c1-3-6-16(9-23-15-18-17-14(22-2)24-15)8-13(20)21-12-7-10(19)4-5-11(12)16/h4-5,7,14-15,17-19H,3,6,8-9H2,1-2H3. The van der Waals surface area contributed by atoms with Gasteiger partial charge in [-0.25, -0.2) is 10.9 Å². The fraction of sp³-hybridized carbons (Fsp3) is 0.562. The summed E-state index contributed by atoms with van der Waals surface area (Å²) in [6.07, 6.45) is 4.38. The topological polar surface area (TPSA) is 70.6 Å². The van der Waals surface area contributed by atoms with Crippen molar-refractivity contribution in [3.63, 3.8) is 0 Å². The molecule has 3 atom stereocenters. The largest absolute Gasteiger partial charge is 0.508 e. The Bertz CT molecular complexity index is 616. The number of aromatic hydroxyl groups is 1. The van der Waals surface area contributed by atoms with Gasteiger partial charge in [-0.15, -0.1) is 23.5 Å². The van der Waals surface area contributed by atoms with Gasteiger partial charge in [-0.3, -0.25) is 4.79 Å². The SMILES string of the molecule is CCCC1(CSC2NNC(SC)S2)CC(=O)Oc2cc(O)ccc21. The second-order valence-electron chi connectivity index (χ2n) is 6.00. The molecular formula is C16H22N2O3S3. The Balaban J connectivity index is 1.82. The van der Waals surface area contributed by atoms with E-state index < -0.39 is 0 Å². The maximum absolute atomic E-state index is 12.2. The lowest BCUT2D eigenvalue weighted by molar-refractivity contribution is -0.137. The summed E-state index contributed by atoms with van der Waals surface area (Å²) in [6.45, 7) is 2.14. The maximum atomic E-state index is 12.2. The van der Waals surface area contributed by atoms with Gasteiger partial charge in [0.25, 0.3) is 0 Å². The minimum absolute atomic E-state index is 0.126. The molecule has 1 aromatic carbocycles. The van der Waals surface area contributed by atoms with Gasteiger partial charge >= 0.3 is 5.97 Å². The van der Waals surface area contributed by atoms with Gasteiger partial charge < -0.3 is 9.84 Å². The molecule has 3 N–H and O–H groups in total. The van der Waals surface area contributed by atoms with E-state index in [1.807, 2.05) is 29.6 Å². The number of carbonyl (C=O) groups excluding carboxylic acids is 1. The number of ether oxygens (including phenoxy) is 1. The van der Waals surface area contributed by atoms with E-state index in [2.05, 4.69) is 24.0 Å². The molecular weight excluding hydrogens is 364 g/mol. The number of benzene rings is 1. The number of esters is 1. The van der Waals surface area contributed by atoms with Gasteiger partial charge in [-0.1, -0.05) is 31.2 Å². The first kappa shape index (κ1) is 18.3. The van der Waals surface area contributed by atoms with Crippen LogP contribution in [0.1, 0.15) is 31.7 Å². The highest BCUT2D eigenvalue weighted by atomic mass is 32.2. The zero-order valence-electron chi connectivity index (χ0n) is 13.7. The zero-order chi connectivity index (χ0) is 17.2. The Morgan fingerprint density at radius 1 is 1.42 bits per heavy atom. The van der Waals surface area contributed by atoms with Crippen molar-refractivity contribution in [1.29, 1.82) is 0 Å². The van der Waals surface area contributed by atoms with Crippen LogP contribution in [-0.2, 0) is 10.2 Å². The summed E-state index contributed by atoms with van der Waals surface area (Å²) in [6, 6.07) is 5.14. The van der Waals surface area contributed by atoms with Crippen LogP contribution < -0.4 is 15.6 Å². The van der Waals surface area contributed by atoms with Crippen molar-refractivity contribution in [3.8, 4) is 11.5 Å². The van der Waals surface area contributed by atoms with Gasteiger partial charge in [-0.05, 0) is 18.7 Å². The molecule has 24 heavy (non-hydrogen) atoms. The highest BCUT2D eigenvalue weighted by molar-refractivity contribution is 8.24. The molecule has 1 saturated heterocycles. The number of hydrogen-bond acceptors (Lipinski definition) is 8. The number of carbonyl (C=O) groups is 1. The molecule has 0 saturated carbocycles. The zero-order valence-corrected chi connectivity index (χ0v) is 16.2.